The second-order valence-corrected chi connectivity index (χ2v) is 6.27. The quantitative estimate of drug-likeness (QED) is 0.643. The van der Waals surface area contributed by atoms with Gasteiger partial charge in [0.2, 0.25) is 0 Å². The van der Waals surface area contributed by atoms with Crippen LogP contribution in [-0.4, -0.2) is 30.0 Å². The third-order valence-electron chi connectivity index (χ3n) is 3.87. The molecule has 1 aliphatic heterocycles. The molecule has 1 aliphatic rings. The number of imide groups is 1. The van der Waals surface area contributed by atoms with Crippen molar-refractivity contribution in [1.29, 1.82) is 5.26 Å². The van der Waals surface area contributed by atoms with Gasteiger partial charge in [-0.05, 0) is 44.0 Å². The fourth-order valence-corrected chi connectivity index (χ4v) is 2.46. The van der Waals surface area contributed by atoms with Crippen molar-refractivity contribution in [3.05, 3.63) is 42.0 Å². The molecule has 3 amide bonds. The lowest BCUT2D eigenvalue weighted by molar-refractivity contribution is -0.131. The summed E-state index contributed by atoms with van der Waals surface area (Å²) >= 11 is 0. The number of nitrogens with one attached hydrogen (secondary N) is 1. The minimum atomic E-state index is -1.14. The van der Waals surface area contributed by atoms with Crippen LogP contribution in [0.25, 0.3) is 0 Å². The van der Waals surface area contributed by atoms with Crippen molar-refractivity contribution in [2.45, 2.75) is 26.3 Å². The van der Waals surface area contributed by atoms with E-state index in [-0.39, 0.29) is 12.5 Å². The van der Waals surface area contributed by atoms with Crippen LogP contribution in [0.1, 0.15) is 26.3 Å². The molecular weight excluding hydrogens is 306 g/mol. The fraction of sp³-hybridized carbons (Fsp3) is 0.389. The Morgan fingerprint density at radius 3 is 2.58 bits per heavy atom. The van der Waals surface area contributed by atoms with Crippen molar-refractivity contribution in [2.24, 2.45) is 5.92 Å². The molecule has 0 radical (unpaired) electrons. The van der Waals surface area contributed by atoms with Gasteiger partial charge in [0.25, 0.3) is 5.91 Å². The molecule has 24 heavy (non-hydrogen) atoms. The second-order valence-electron chi connectivity index (χ2n) is 6.27. The molecule has 2 atom stereocenters. The van der Waals surface area contributed by atoms with Gasteiger partial charge < -0.3 is 10.1 Å². The first-order valence-corrected chi connectivity index (χ1v) is 7.69. The van der Waals surface area contributed by atoms with E-state index in [0.717, 1.165) is 10.5 Å². The van der Waals surface area contributed by atoms with Crippen LogP contribution in [0.2, 0.25) is 0 Å². The summed E-state index contributed by atoms with van der Waals surface area (Å²) in [6, 6.07) is 8.57. The molecule has 1 saturated heterocycles. The Bertz CT molecular complexity index is 705. The summed E-state index contributed by atoms with van der Waals surface area (Å²) in [5, 5.41) is 11.6. The smallest absolute Gasteiger partial charge is 0.325 e. The van der Waals surface area contributed by atoms with Crippen LogP contribution in [0.3, 0.4) is 0 Å². The maximum absolute atomic E-state index is 12.7. The fourth-order valence-electron chi connectivity index (χ4n) is 2.46. The minimum Gasteiger partial charge on any atom is -0.489 e. The number of amides is 3. The van der Waals surface area contributed by atoms with Crippen molar-refractivity contribution in [3.8, 4) is 11.8 Å². The zero-order valence-electron chi connectivity index (χ0n) is 14.1. The molecule has 0 aromatic heterocycles. The highest BCUT2D eigenvalue weighted by Gasteiger charge is 2.49. The highest BCUT2D eigenvalue weighted by molar-refractivity contribution is 6.07. The van der Waals surface area contributed by atoms with E-state index in [1.165, 1.54) is 0 Å². The number of carbonyl (C=O) groups is 2. The number of urea groups is 1. The van der Waals surface area contributed by atoms with Crippen LogP contribution in [0.4, 0.5) is 4.79 Å². The molecule has 1 N–H and O–H groups in total. The molecule has 0 saturated carbocycles. The van der Waals surface area contributed by atoms with Crippen LogP contribution in [0, 0.1) is 17.2 Å². The average molecular weight is 327 g/mol. The standard InChI is InChI=1S/C18H21N3O3/c1-12(2)11-24-15-7-5-14(6-8-15)18(4)16(22)21(17(23)20-18)10-13(3)9-19/h5-8,13H,1,10-11H2,2-4H3,(H,20,23). The second kappa shape index (κ2) is 6.75. The first-order valence-electron chi connectivity index (χ1n) is 7.69. The number of nitriles is 1. The predicted molar refractivity (Wildman–Crippen MR) is 89.1 cm³/mol. The first kappa shape index (κ1) is 17.5. The molecule has 126 valence electrons. The summed E-state index contributed by atoms with van der Waals surface area (Å²) in [5.74, 6) is -0.109. The Morgan fingerprint density at radius 2 is 2.04 bits per heavy atom. The van der Waals surface area contributed by atoms with Crippen LogP contribution in [-0.2, 0) is 10.3 Å². The van der Waals surface area contributed by atoms with Crippen LogP contribution in [0.5, 0.6) is 5.75 Å². The van der Waals surface area contributed by atoms with Crippen LogP contribution >= 0.6 is 0 Å². The Labute approximate surface area is 141 Å². The zero-order valence-corrected chi connectivity index (χ0v) is 14.1. The summed E-state index contributed by atoms with van der Waals surface area (Å²) in [6.07, 6.45) is 0. The third kappa shape index (κ3) is 3.40. The van der Waals surface area contributed by atoms with E-state index in [1.54, 1.807) is 38.1 Å². The van der Waals surface area contributed by atoms with Gasteiger partial charge in [-0.3, -0.25) is 9.69 Å². The first-order chi connectivity index (χ1) is 11.3. The lowest BCUT2D eigenvalue weighted by Gasteiger charge is -2.22. The maximum Gasteiger partial charge on any atom is 0.325 e. The monoisotopic (exact) mass is 327 g/mol. The summed E-state index contributed by atoms with van der Waals surface area (Å²) in [5.41, 5.74) is 0.432. The van der Waals surface area contributed by atoms with E-state index in [1.807, 2.05) is 13.0 Å². The molecule has 0 aliphatic carbocycles. The zero-order chi connectivity index (χ0) is 17.9. The van der Waals surface area contributed by atoms with Gasteiger partial charge in [-0.15, -0.1) is 0 Å². The number of hydrogen-bond donors (Lipinski definition) is 1. The summed E-state index contributed by atoms with van der Waals surface area (Å²) < 4.78 is 5.54. The van der Waals surface area contributed by atoms with Gasteiger partial charge >= 0.3 is 6.03 Å². The lowest BCUT2D eigenvalue weighted by atomic mass is 9.92. The van der Waals surface area contributed by atoms with Gasteiger partial charge in [-0.1, -0.05) is 18.7 Å². The number of rotatable bonds is 6. The minimum absolute atomic E-state index is 0.0799. The SMILES string of the molecule is C=C(C)COc1ccc(C2(C)NC(=O)N(CC(C)C#N)C2=O)cc1. The summed E-state index contributed by atoms with van der Waals surface area (Å²) in [4.78, 5) is 25.9. The molecular formula is C18H21N3O3. The Hall–Kier alpha value is -2.81. The highest BCUT2D eigenvalue weighted by Crippen LogP contribution is 2.30. The molecule has 1 fully saturated rings. The van der Waals surface area contributed by atoms with Gasteiger partial charge in [0.1, 0.15) is 17.9 Å². The van der Waals surface area contributed by atoms with Crippen LogP contribution < -0.4 is 10.1 Å². The van der Waals surface area contributed by atoms with Gasteiger partial charge in [-0.25, -0.2) is 4.79 Å². The van der Waals surface area contributed by atoms with Crippen molar-refractivity contribution in [1.82, 2.24) is 10.2 Å². The largest absolute Gasteiger partial charge is 0.489 e. The molecule has 2 unspecified atom stereocenters. The number of ether oxygens (including phenoxy) is 1. The number of nitrogens with zero attached hydrogens (tertiary/aromatic N) is 2. The van der Waals surface area contributed by atoms with Crippen molar-refractivity contribution in [2.75, 3.05) is 13.2 Å². The van der Waals surface area contributed by atoms with Gasteiger partial charge in [-0.2, -0.15) is 5.26 Å². The van der Waals surface area contributed by atoms with E-state index >= 15 is 0 Å². The van der Waals surface area contributed by atoms with Crippen molar-refractivity contribution >= 4 is 11.9 Å². The van der Waals surface area contributed by atoms with E-state index in [0.29, 0.717) is 17.9 Å². The van der Waals surface area contributed by atoms with E-state index in [2.05, 4.69) is 11.9 Å². The molecule has 0 bridgehead atoms. The number of carbonyl (C=O) groups excluding carboxylic acids is 2. The molecule has 6 heteroatoms. The molecule has 1 aromatic carbocycles. The Kier molecular flexibility index (Phi) is 4.93. The van der Waals surface area contributed by atoms with E-state index < -0.39 is 17.5 Å². The maximum atomic E-state index is 12.7. The van der Waals surface area contributed by atoms with E-state index in [4.69, 9.17) is 10.00 Å². The highest BCUT2D eigenvalue weighted by atomic mass is 16.5. The van der Waals surface area contributed by atoms with Crippen molar-refractivity contribution in [3.63, 3.8) is 0 Å². The average Bonchev–Trinajstić information content (AvgIpc) is 2.77. The Morgan fingerprint density at radius 1 is 1.42 bits per heavy atom. The van der Waals surface area contributed by atoms with Crippen LogP contribution in [0.15, 0.2) is 36.4 Å². The molecule has 2 rings (SSSR count). The predicted octanol–water partition coefficient (Wildman–Crippen LogP) is 2.57. The lowest BCUT2D eigenvalue weighted by Crippen LogP contribution is -2.41. The summed E-state index contributed by atoms with van der Waals surface area (Å²) in [6.45, 7) is 9.48. The molecule has 1 aromatic rings. The normalized spacial score (nSPS) is 21.2. The van der Waals surface area contributed by atoms with Crippen molar-refractivity contribution < 1.29 is 14.3 Å². The van der Waals surface area contributed by atoms with Gasteiger partial charge in [0.15, 0.2) is 0 Å². The van der Waals surface area contributed by atoms with Gasteiger partial charge in [0.05, 0.1) is 12.0 Å². The topological polar surface area (TPSA) is 82.4 Å². The van der Waals surface area contributed by atoms with Gasteiger partial charge in [0, 0.05) is 6.54 Å². The summed E-state index contributed by atoms with van der Waals surface area (Å²) in [7, 11) is 0. The Balaban J connectivity index is 2.18. The number of hydrogen-bond acceptors (Lipinski definition) is 4. The molecule has 0 spiro atoms. The molecule has 6 nitrogen and oxygen atoms in total. The molecule has 1 heterocycles. The third-order valence-corrected chi connectivity index (χ3v) is 3.87. The van der Waals surface area contributed by atoms with E-state index in [9.17, 15) is 9.59 Å². The number of benzene rings is 1.